The number of ether oxygens (including phenoxy) is 2. The summed E-state index contributed by atoms with van der Waals surface area (Å²) < 4.78 is 11.1. The topological polar surface area (TPSA) is 68.3 Å². The number of hydrogen-bond acceptors (Lipinski definition) is 3. The SMILES string of the molecule is Cl.N=C(N)c1ccc(COCCOc2ccccc2)cc1. The smallest absolute Gasteiger partial charge is 0.122 e. The monoisotopic (exact) mass is 306 g/mol. The van der Waals surface area contributed by atoms with Crippen LogP contribution in [0.2, 0.25) is 0 Å². The van der Waals surface area contributed by atoms with Gasteiger partial charge in [-0.2, -0.15) is 0 Å². The highest BCUT2D eigenvalue weighted by Crippen LogP contribution is 2.08. The number of amidine groups is 1. The van der Waals surface area contributed by atoms with Crippen molar-refractivity contribution in [2.75, 3.05) is 13.2 Å². The van der Waals surface area contributed by atoms with E-state index in [0.29, 0.717) is 19.8 Å². The average Bonchev–Trinajstić information content (AvgIpc) is 2.48. The van der Waals surface area contributed by atoms with Crippen LogP contribution in [0.15, 0.2) is 54.6 Å². The fourth-order valence-corrected chi connectivity index (χ4v) is 1.71. The van der Waals surface area contributed by atoms with Crippen LogP contribution in [-0.4, -0.2) is 19.0 Å². The normalized spacial score (nSPS) is 9.71. The van der Waals surface area contributed by atoms with Crippen LogP contribution < -0.4 is 10.5 Å². The molecule has 0 unspecified atom stereocenters. The Bertz CT molecular complexity index is 544. The van der Waals surface area contributed by atoms with Gasteiger partial charge in [-0.3, -0.25) is 5.41 Å². The van der Waals surface area contributed by atoms with E-state index in [2.05, 4.69) is 0 Å². The van der Waals surface area contributed by atoms with Gasteiger partial charge in [-0.05, 0) is 17.7 Å². The van der Waals surface area contributed by atoms with Gasteiger partial charge in [0, 0.05) is 5.56 Å². The van der Waals surface area contributed by atoms with E-state index >= 15 is 0 Å². The standard InChI is InChI=1S/C16H18N2O2.ClH/c17-16(18)14-8-6-13(7-9-14)12-19-10-11-20-15-4-2-1-3-5-15;/h1-9H,10-12H2,(H3,17,18);1H. The number of nitrogens with one attached hydrogen (secondary N) is 1. The first-order chi connectivity index (χ1) is 9.75. The lowest BCUT2D eigenvalue weighted by Crippen LogP contribution is -2.11. The minimum Gasteiger partial charge on any atom is -0.491 e. The summed E-state index contributed by atoms with van der Waals surface area (Å²) in [6.07, 6.45) is 0. The highest BCUT2D eigenvalue weighted by molar-refractivity contribution is 5.94. The number of rotatable bonds is 7. The van der Waals surface area contributed by atoms with Gasteiger partial charge in [0.1, 0.15) is 18.2 Å². The Labute approximate surface area is 130 Å². The maximum absolute atomic E-state index is 7.31. The first kappa shape index (κ1) is 17.0. The van der Waals surface area contributed by atoms with Gasteiger partial charge in [-0.15, -0.1) is 12.4 Å². The van der Waals surface area contributed by atoms with Crippen molar-refractivity contribution in [3.8, 4) is 5.75 Å². The van der Waals surface area contributed by atoms with Crippen molar-refractivity contribution in [2.24, 2.45) is 5.73 Å². The van der Waals surface area contributed by atoms with Gasteiger partial charge in [0.05, 0.1) is 13.2 Å². The third kappa shape index (κ3) is 5.85. The van der Waals surface area contributed by atoms with E-state index in [9.17, 15) is 0 Å². The van der Waals surface area contributed by atoms with Crippen LogP contribution >= 0.6 is 12.4 Å². The van der Waals surface area contributed by atoms with Crippen molar-refractivity contribution >= 4 is 18.2 Å². The molecule has 0 saturated heterocycles. The summed E-state index contributed by atoms with van der Waals surface area (Å²) in [5.41, 5.74) is 7.17. The molecule has 2 aromatic carbocycles. The van der Waals surface area contributed by atoms with E-state index in [1.54, 1.807) is 0 Å². The van der Waals surface area contributed by atoms with Crippen LogP contribution in [0.1, 0.15) is 11.1 Å². The number of benzene rings is 2. The summed E-state index contributed by atoms with van der Waals surface area (Å²) in [5.74, 6) is 0.927. The Hall–Kier alpha value is -2.04. The molecule has 0 heterocycles. The van der Waals surface area contributed by atoms with E-state index in [1.165, 1.54) is 0 Å². The highest BCUT2D eigenvalue weighted by atomic mass is 35.5. The van der Waals surface area contributed by atoms with Gasteiger partial charge in [0.15, 0.2) is 0 Å². The molecule has 0 spiro atoms. The fraction of sp³-hybridized carbons (Fsp3) is 0.188. The molecule has 2 rings (SSSR count). The van der Waals surface area contributed by atoms with Crippen LogP contribution in [0.3, 0.4) is 0 Å². The van der Waals surface area contributed by atoms with Crippen LogP contribution in [0.25, 0.3) is 0 Å². The van der Waals surface area contributed by atoms with E-state index in [4.69, 9.17) is 20.6 Å². The Morgan fingerprint density at radius 1 is 0.952 bits per heavy atom. The summed E-state index contributed by atoms with van der Waals surface area (Å²) in [7, 11) is 0. The molecular formula is C16H19ClN2O2. The van der Waals surface area contributed by atoms with Crippen molar-refractivity contribution < 1.29 is 9.47 Å². The molecule has 21 heavy (non-hydrogen) atoms. The average molecular weight is 307 g/mol. The zero-order valence-corrected chi connectivity index (χ0v) is 12.4. The molecule has 2 aromatic rings. The summed E-state index contributed by atoms with van der Waals surface area (Å²) in [6.45, 7) is 1.58. The van der Waals surface area contributed by atoms with Gasteiger partial charge in [-0.25, -0.2) is 0 Å². The van der Waals surface area contributed by atoms with Crippen LogP contribution in [0.5, 0.6) is 5.75 Å². The minimum absolute atomic E-state index is 0. The maximum atomic E-state index is 7.31. The third-order valence-corrected chi connectivity index (χ3v) is 2.77. The first-order valence-corrected chi connectivity index (χ1v) is 6.44. The van der Waals surface area contributed by atoms with E-state index < -0.39 is 0 Å². The fourth-order valence-electron chi connectivity index (χ4n) is 1.71. The Kier molecular flexibility index (Phi) is 7.29. The van der Waals surface area contributed by atoms with Crippen molar-refractivity contribution in [3.63, 3.8) is 0 Å². The molecule has 0 aliphatic rings. The second kappa shape index (κ2) is 9.00. The molecule has 0 fully saturated rings. The second-order valence-electron chi connectivity index (χ2n) is 4.32. The molecule has 0 radical (unpaired) electrons. The zero-order chi connectivity index (χ0) is 14.2. The second-order valence-corrected chi connectivity index (χ2v) is 4.32. The van der Waals surface area contributed by atoms with Gasteiger partial charge < -0.3 is 15.2 Å². The van der Waals surface area contributed by atoms with Crippen molar-refractivity contribution in [3.05, 3.63) is 65.7 Å². The van der Waals surface area contributed by atoms with E-state index in [-0.39, 0.29) is 18.2 Å². The molecule has 4 nitrogen and oxygen atoms in total. The predicted octanol–water partition coefficient (Wildman–Crippen LogP) is 2.99. The number of nitrogen functional groups attached to an aromatic ring is 1. The number of halogens is 1. The van der Waals surface area contributed by atoms with Crippen molar-refractivity contribution in [2.45, 2.75) is 6.61 Å². The molecule has 5 heteroatoms. The molecule has 0 aliphatic heterocycles. The molecule has 112 valence electrons. The lowest BCUT2D eigenvalue weighted by atomic mass is 10.1. The predicted molar refractivity (Wildman–Crippen MR) is 86.3 cm³/mol. The van der Waals surface area contributed by atoms with Crippen molar-refractivity contribution in [1.29, 1.82) is 5.41 Å². The highest BCUT2D eigenvalue weighted by Gasteiger charge is 1.98. The Morgan fingerprint density at radius 3 is 2.24 bits per heavy atom. The molecule has 0 amide bonds. The van der Waals surface area contributed by atoms with Crippen LogP contribution in [0.4, 0.5) is 0 Å². The van der Waals surface area contributed by atoms with Crippen molar-refractivity contribution in [1.82, 2.24) is 0 Å². The lowest BCUT2D eigenvalue weighted by molar-refractivity contribution is 0.0889. The van der Waals surface area contributed by atoms with Gasteiger partial charge >= 0.3 is 0 Å². The molecule has 0 bridgehead atoms. The molecule has 0 atom stereocenters. The van der Waals surface area contributed by atoms with Crippen LogP contribution in [-0.2, 0) is 11.3 Å². The summed E-state index contributed by atoms with van der Waals surface area (Å²) >= 11 is 0. The van der Waals surface area contributed by atoms with E-state index in [1.807, 2.05) is 54.6 Å². The lowest BCUT2D eigenvalue weighted by Gasteiger charge is -2.07. The molecule has 0 aromatic heterocycles. The quantitative estimate of drug-likeness (QED) is 0.469. The summed E-state index contributed by atoms with van der Waals surface area (Å²) in [6, 6.07) is 17.1. The number of nitrogens with two attached hydrogens (primary N) is 1. The minimum atomic E-state index is 0. The number of hydrogen-bond donors (Lipinski definition) is 2. The van der Waals surface area contributed by atoms with Gasteiger partial charge in [0.25, 0.3) is 0 Å². The number of para-hydroxylation sites is 1. The largest absolute Gasteiger partial charge is 0.491 e. The third-order valence-electron chi connectivity index (χ3n) is 2.77. The Morgan fingerprint density at radius 2 is 1.62 bits per heavy atom. The Balaban J connectivity index is 0.00000220. The summed E-state index contributed by atoms with van der Waals surface area (Å²) in [4.78, 5) is 0. The summed E-state index contributed by atoms with van der Waals surface area (Å²) in [5, 5.41) is 7.31. The molecule has 3 N–H and O–H groups in total. The van der Waals surface area contributed by atoms with E-state index in [0.717, 1.165) is 16.9 Å². The first-order valence-electron chi connectivity index (χ1n) is 6.44. The van der Waals surface area contributed by atoms with Gasteiger partial charge in [-0.1, -0.05) is 42.5 Å². The zero-order valence-electron chi connectivity index (χ0n) is 11.6. The molecule has 0 saturated carbocycles. The molecular weight excluding hydrogens is 288 g/mol. The maximum Gasteiger partial charge on any atom is 0.122 e. The van der Waals surface area contributed by atoms with Gasteiger partial charge in [0.2, 0.25) is 0 Å². The van der Waals surface area contributed by atoms with Crippen LogP contribution in [0, 0.1) is 5.41 Å². The molecule has 0 aliphatic carbocycles.